The van der Waals surface area contributed by atoms with E-state index in [1.54, 1.807) is 6.07 Å². The molecule has 0 aliphatic heterocycles. The molecule has 0 saturated carbocycles. The molecule has 1 aromatic carbocycles. The number of nitrogens with two attached hydrogens (primary N) is 1. The molecule has 0 spiro atoms. The van der Waals surface area contributed by atoms with Gasteiger partial charge in [-0.3, -0.25) is 4.79 Å². The summed E-state index contributed by atoms with van der Waals surface area (Å²) in [5.41, 5.74) is 7.75. The number of anilines is 1. The minimum atomic E-state index is -0.0385. The van der Waals surface area contributed by atoms with Crippen LogP contribution >= 0.6 is 0 Å². The molecule has 2 N–H and O–H groups in total. The third-order valence-corrected chi connectivity index (χ3v) is 2.06. The van der Waals surface area contributed by atoms with E-state index in [2.05, 4.69) is 0 Å². The summed E-state index contributed by atoms with van der Waals surface area (Å²) in [6.07, 6.45) is 0. The Balaban J connectivity index is 3.26. The summed E-state index contributed by atoms with van der Waals surface area (Å²) in [5.74, 6) is 0.587. The zero-order valence-corrected chi connectivity index (χ0v) is 8.76. The summed E-state index contributed by atoms with van der Waals surface area (Å²) in [6.45, 7) is 5.84. The molecule has 0 atom stereocenters. The van der Waals surface area contributed by atoms with Crippen molar-refractivity contribution in [1.82, 2.24) is 0 Å². The van der Waals surface area contributed by atoms with Gasteiger partial charge < -0.3 is 10.5 Å². The molecule has 0 aromatic heterocycles. The Bertz CT molecular complexity index is 359. The Hall–Kier alpha value is -1.51. The van der Waals surface area contributed by atoms with E-state index in [4.69, 9.17) is 10.5 Å². The standard InChI is InChI=1S/C11H15NO2/c1-4-14-11-7(2)5-6-9(8(3)13)10(11)12/h5-6H,4,12H2,1-3H3. The second-order valence-electron chi connectivity index (χ2n) is 3.16. The van der Waals surface area contributed by atoms with Crippen molar-refractivity contribution in [2.75, 3.05) is 12.3 Å². The Morgan fingerprint density at radius 2 is 2.14 bits per heavy atom. The summed E-state index contributed by atoms with van der Waals surface area (Å²) in [5, 5.41) is 0. The first kappa shape index (κ1) is 10.6. The molecule has 76 valence electrons. The van der Waals surface area contributed by atoms with Crippen LogP contribution in [0, 0.1) is 6.92 Å². The van der Waals surface area contributed by atoms with Gasteiger partial charge in [0.15, 0.2) is 5.78 Å². The van der Waals surface area contributed by atoms with Gasteiger partial charge in [0.2, 0.25) is 0 Å². The molecule has 0 heterocycles. The predicted molar refractivity (Wildman–Crippen MR) is 56.8 cm³/mol. The van der Waals surface area contributed by atoms with Gasteiger partial charge in [0, 0.05) is 5.56 Å². The first-order chi connectivity index (χ1) is 6.57. The first-order valence-corrected chi connectivity index (χ1v) is 4.60. The van der Waals surface area contributed by atoms with Crippen molar-refractivity contribution >= 4 is 11.5 Å². The Kier molecular flexibility index (Phi) is 3.12. The van der Waals surface area contributed by atoms with Crippen LogP contribution in [0.3, 0.4) is 0 Å². The molecule has 3 heteroatoms. The second kappa shape index (κ2) is 4.13. The Labute approximate surface area is 83.9 Å². The molecule has 1 aromatic rings. The van der Waals surface area contributed by atoms with E-state index < -0.39 is 0 Å². The number of hydrogen-bond donors (Lipinski definition) is 1. The van der Waals surface area contributed by atoms with E-state index in [1.165, 1.54) is 6.92 Å². The van der Waals surface area contributed by atoms with Crippen LogP contribution in [0.25, 0.3) is 0 Å². The SMILES string of the molecule is CCOc1c(C)ccc(C(C)=O)c1N. The zero-order valence-electron chi connectivity index (χ0n) is 8.76. The number of carbonyl (C=O) groups is 1. The molecule has 0 saturated heterocycles. The van der Waals surface area contributed by atoms with Gasteiger partial charge in [-0.2, -0.15) is 0 Å². The molecule has 14 heavy (non-hydrogen) atoms. The van der Waals surface area contributed by atoms with Crippen molar-refractivity contribution in [3.63, 3.8) is 0 Å². The molecule has 0 aliphatic carbocycles. The van der Waals surface area contributed by atoms with E-state index in [0.717, 1.165) is 5.56 Å². The van der Waals surface area contributed by atoms with Crippen LogP contribution in [0.1, 0.15) is 29.8 Å². The van der Waals surface area contributed by atoms with Gasteiger partial charge in [0.1, 0.15) is 5.75 Å². The molecule has 0 aliphatic rings. The number of ether oxygens (including phenoxy) is 1. The van der Waals surface area contributed by atoms with E-state index in [0.29, 0.717) is 23.6 Å². The lowest BCUT2D eigenvalue weighted by Gasteiger charge is -2.12. The normalized spacial score (nSPS) is 9.93. The predicted octanol–water partition coefficient (Wildman–Crippen LogP) is 2.18. The largest absolute Gasteiger partial charge is 0.491 e. The fraction of sp³-hybridized carbons (Fsp3) is 0.364. The molecule has 1 rings (SSSR count). The van der Waals surface area contributed by atoms with Crippen molar-refractivity contribution in [2.45, 2.75) is 20.8 Å². The van der Waals surface area contributed by atoms with Crippen molar-refractivity contribution in [2.24, 2.45) is 0 Å². The number of Topliss-reactive ketones (excluding diaryl/α,β-unsaturated/α-hetero) is 1. The smallest absolute Gasteiger partial charge is 0.162 e. The van der Waals surface area contributed by atoms with Gasteiger partial charge in [-0.1, -0.05) is 6.07 Å². The summed E-state index contributed by atoms with van der Waals surface area (Å²) in [6, 6.07) is 3.58. The van der Waals surface area contributed by atoms with Gasteiger partial charge >= 0.3 is 0 Å². The van der Waals surface area contributed by atoms with Crippen LogP contribution in [0.15, 0.2) is 12.1 Å². The lowest BCUT2D eigenvalue weighted by atomic mass is 10.1. The van der Waals surface area contributed by atoms with Gasteiger partial charge in [0.05, 0.1) is 12.3 Å². The average molecular weight is 193 g/mol. The van der Waals surface area contributed by atoms with Gasteiger partial charge in [-0.25, -0.2) is 0 Å². The number of ketones is 1. The molecular formula is C11H15NO2. The number of nitrogen functional groups attached to an aromatic ring is 1. The molecule has 3 nitrogen and oxygen atoms in total. The Morgan fingerprint density at radius 1 is 1.50 bits per heavy atom. The van der Waals surface area contributed by atoms with Crippen molar-refractivity contribution in [3.05, 3.63) is 23.3 Å². The third kappa shape index (κ3) is 1.87. The van der Waals surface area contributed by atoms with Crippen molar-refractivity contribution < 1.29 is 9.53 Å². The maximum absolute atomic E-state index is 11.2. The van der Waals surface area contributed by atoms with E-state index in [1.807, 2.05) is 19.9 Å². The lowest BCUT2D eigenvalue weighted by Crippen LogP contribution is -2.05. The van der Waals surface area contributed by atoms with E-state index in [9.17, 15) is 4.79 Å². The van der Waals surface area contributed by atoms with Crippen LogP contribution in [0.5, 0.6) is 5.75 Å². The Morgan fingerprint density at radius 3 is 2.64 bits per heavy atom. The fourth-order valence-corrected chi connectivity index (χ4v) is 1.35. The third-order valence-electron chi connectivity index (χ3n) is 2.06. The fourth-order valence-electron chi connectivity index (χ4n) is 1.35. The molecule has 0 fully saturated rings. The monoisotopic (exact) mass is 193 g/mol. The highest BCUT2D eigenvalue weighted by Gasteiger charge is 2.11. The first-order valence-electron chi connectivity index (χ1n) is 4.60. The maximum atomic E-state index is 11.2. The van der Waals surface area contributed by atoms with E-state index >= 15 is 0 Å². The lowest BCUT2D eigenvalue weighted by molar-refractivity contribution is 0.101. The molecule has 0 radical (unpaired) electrons. The zero-order chi connectivity index (χ0) is 10.7. The van der Waals surface area contributed by atoms with Gasteiger partial charge in [0.25, 0.3) is 0 Å². The molecule has 0 amide bonds. The highest BCUT2D eigenvalue weighted by Crippen LogP contribution is 2.29. The van der Waals surface area contributed by atoms with Crippen molar-refractivity contribution in [3.8, 4) is 5.75 Å². The topological polar surface area (TPSA) is 52.3 Å². The summed E-state index contributed by atoms with van der Waals surface area (Å²) in [4.78, 5) is 11.2. The van der Waals surface area contributed by atoms with Gasteiger partial charge in [-0.05, 0) is 32.4 Å². The van der Waals surface area contributed by atoms with Crippen LogP contribution in [0.2, 0.25) is 0 Å². The van der Waals surface area contributed by atoms with Crippen LogP contribution in [0.4, 0.5) is 5.69 Å². The number of carbonyl (C=O) groups excluding carboxylic acids is 1. The van der Waals surface area contributed by atoms with Crippen LogP contribution < -0.4 is 10.5 Å². The van der Waals surface area contributed by atoms with Gasteiger partial charge in [-0.15, -0.1) is 0 Å². The molecule has 0 unspecified atom stereocenters. The van der Waals surface area contributed by atoms with E-state index in [-0.39, 0.29) is 5.78 Å². The van der Waals surface area contributed by atoms with Crippen LogP contribution in [-0.4, -0.2) is 12.4 Å². The number of aryl methyl sites for hydroxylation is 1. The number of hydrogen-bond acceptors (Lipinski definition) is 3. The summed E-state index contributed by atoms with van der Waals surface area (Å²) in [7, 11) is 0. The maximum Gasteiger partial charge on any atom is 0.162 e. The summed E-state index contributed by atoms with van der Waals surface area (Å²) < 4.78 is 5.38. The molecular weight excluding hydrogens is 178 g/mol. The van der Waals surface area contributed by atoms with Crippen LogP contribution in [-0.2, 0) is 0 Å². The second-order valence-corrected chi connectivity index (χ2v) is 3.16. The number of rotatable bonds is 3. The summed E-state index contributed by atoms with van der Waals surface area (Å²) >= 11 is 0. The average Bonchev–Trinajstić information content (AvgIpc) is 2.11. The quantitative estimate of drug-likeness (QED) is 0.591. The highest BCUT2D eigenvalue weighted by atomic mass is 16.5. The minimum Gasteiger partial charge on any atom is -0.491 e. The highest BCUT2D eigenvalue weighted by molar-refractivity contribution is 6.00. The van der Waals surface area contributed by atoms with Crippen molar-refractivity contribution in [1.29, 1.82) is 0 Å². The number of benzene rings is 1. The minimum absolute atomic E-state index is 0.0385. The molecule has 0 bridgehead atoms.